The van der Waals surface area contributed by atoms with E-state index in [2.05, 4.69) is 4.98 Å². The molecule has 1 aromatic rings. The van der Waals surface area contributed by atoms with Crippen molar-refractivity contribution in [1.82, 2.24) is 9.55 Å². The van der Waals surface area contributed by atoms with Gasteiger partial charge in [0.1, 0.15) is 11.8 Å². The predicted molar refractivity (Wildman–Crippen MR) is 52.8 cm³/mol. The fourth-order valence-corrected chi connectivity index (χ4v) is 2.88. The van der Waals surface area contributed by atoms with Crippen LogP contribution in [0.15, 0.2) is 18.7 Å². The van der Waals surface area contributed by atoms with Crippen molar-refractivity contribution in [3.8, 4) is 0 Å². The minimum atomic E-state index is -0.304. The molecule has 0 radical (unpaired) electrons. The van der Waals surface area contributed by atoms with Gasteiger partial charge >= 0.3 is 0 Å². The van der Waals surface area contributed by atoms with E-state index in [4.69, 9.17) is 0 Å². The molecule has 0 aliphatic carbocycles. The average Bonchev–Trinajstić information content (AvgIpc) is 2.72. The Balaban J connectivity index is 2.28. The molecule has 1 aromatic heterocycles. The van der Waals surface area contributed by atoms with Crippen molar-refractivity contribution in [1.29, 1.82) is 0 Å². The number of aldehydes is 1. The molecule has 0 spiro atoms. The third kappa shape index (κ3) is 1.50. The van der Waals surface area contributed by atoms with Gasteiger partial charge in [0.05, 0.1) is 6.33 Å². The Morgan fingerprint density at radius 1 is 1.46 bits per heavy atom. The van der Waals surface area contributed by atoms with Gasteiger partial charge in [-0.3, -0.25) is 0 Å². The van der Waals surface area contributed by atoms with Crippen LogP contribution in [0.25, 0.3) is 0 Å². The molecule has 0 bridgehead atoms. The normalized spacial score (nSPS) is 21.2. The smallest absolute Gasteiger partial charge is 0.145 e. The van der Waals surface area contributed by atoms with E-state index >= 15 is 0 Å². The van der Waals surface area contributed by atoms with Gasteiger partial charge in [0.25, 0.3) is 0 Å². The number of aromatic nitrogens is 2. The van der Waals surface area contributed by atoms with E-state index in [1.165, 1.54) is 0 Å². The van der Waals surface area contributed by atoms with Crippen molar-refractivity contribution in [3.05, 3.63) is 18.7 Å². The number of carbonyl (C=O) groups is 1. The van der Waals surface area contributed by atoms with Crippen molar-refractivity contribution >= 4 is 18.0 Å². The standard InChI is InChI=1S/C9H12N2OS/c12-7-9(1-5-13-6-2-9)11-4-3-10-8-11/h3-4,7-8H,1-2,5-6H2. The van der Waals surface area contributed by atoms with Crippen molar-refractivity contribution in [2.24, 2.45) is 0 Å². The molecule has 2 heterocycles. The van der Waals surface area contributed by atoms with Crippen LogP contribution < -0.4 is 0 Å². The largest absolute Gasteiger partial charge is 0.324 e. The van der Waals surface area contributed by atoms with Gasteiger partial charge in [-0.05, 0) is 24.3 Å². The maximum absolute atomic E-state index is 11.1. The summed E-state index contributed by atoms with van der Waals surface area (Å²) in [7, 11) is 0. The maximum atomic E-state index is 11.1. The molecular weight excluding hydrogens is 184 g/mol. The van der Waals surface area contributed by atoms with Crippen molar-refractivity contribution in [3.63, 3.8) is 0 Å². The zero-order valence-corrected chi connectivity index (χ0v) is 8.17. The van der Waals surface area contributed by atoms with E-state index in [-0.39, 0.29) is 5.54 Å². The molecule has 0 unspecified atom stereocenters. The Labute approximate surface area is 81.5 Å². The van der Waals surface area contributed by atoms with Crippen LogP contribution in [-0.4, -0.2) is 27.3 Å². The summed E-state index contributed by atoms with van der Waals surface area (Å²) in [5.41, 5.74) is -0.304. The lowest BCUT2D eigenvalue weighted by Crippen LogP contribution is -2.38. The predicted octanol–water partition coefficient (Wildman–Crippen LogP) is 1.30. The summed E-state index contributed by atoms with van der Waals surface area (Å²) >= 11 is 1.92. The molecule has 0 saturated carbocycles. The summed E-state index contributed by atoms with van der Waals surface area (Å²) in [5.74, 6) is 2.13. The van der Waals surface area contributed by atoms with Crippen LogP contribution in [0.5, 0.6) is 0 Å². The number of thioether (sulfide) groups is 1. The van der Waals surface area contributed by atoms with Crippen molar-refractivity contribution < 1.29 is 4.79 Å². The van der Waals surface area contributed by atoms with E-state index in [0.717, 1.165) is 30.6 Å². The lowest BCUT2D eigenvalue weighted by atomic mass is 9.94. The van der Waals surface area contributed by atoms with Crippen LogP contribution in [0, 0.1) is 0 Å². The van der Waals surface area contributed by atoms with Gasteiger partial charge in [0.2, 0.25) is 0 Å². The third-order valence-corrected chi connectivity index (χ3v) is 3.58. The molecule has 1 fully saturated rings. The SMILES string of the molecule is O=CC1(n2ccnc2)CCSCC1. The minimum absolute atomic E-state index is 0.304. The molecule has 70 valence electrons. The molecule has 0 amide bonds. The van der Waals surface area contributed by atoms with Crippen LogP contribution >= 0.6 is 11.8 Å². The molecule has 1 saturated heterocycles. The fraction of sp³-hybridized carbons (Fsp3) is 0.556. The second-order valence-corrected chi connectivity index (χ2v) is 4.53. The number of hydrogen-bond acceptors (Lipinski definition) is 3. The number of carbonyl (C=O) groups excluding carboxylic acids is 1. The topological polar surface area (TPSA) is 34.9 Å². The van der Waals surface area contributed by atoms with E-state index in [0.29, 0.717) is 0 Å². The van der Waals surface area contributed by atoms with Crippen LogP contribution in [0.2, 0.25) is 0 Å². The summed E-state index contributed by atoms with van der Waals surface area (Å²) in [6, 6.07) is 0. The minimum Gasteiger partial charge on any atom is -0.324 e. The third-order valence-electron chi connectivity index (χ3n) is 2.60. The van der Waals surface area contributed by atoms with Crippen molar-refractivity contribution in [2.75, 3.05) is 11.5 Å². The van der Waals surface area contributed by atoms with Crippen LogP contribution in [-0.2, 0) is 10.3 Å². The first kappa shape index (κ1) is 8.81. The summed E-state index contributed by atoms with van der Waals surface area (Å²) < 4.78 is 1.94. The Kier molecular flexibility index (Phi) is 2.40. The Hall–Kier alpha value is -0.770. The Morgan fingerprint density at radius 2 is 2.23 bits per heavy atom. The van der Waals surface area contributed by atoms with Gasteiger partial charge < -0.3 is 9.36 Å². The van der Waals surface area contributed by atoms with Gasteiger partial charge in [-0.2, -0.15) is 11.8 Å². The molecule has 4 heteroatoms. The first-order valence-electron chi connectivity index (χ1n) is 4.40. The highest BCUT2D eigenvalue weighted by Crippen LogP contribution is 2.31. The molecule has 2 rings (SSSR count). The number of imidazole rings is 1. The molecule has 0 aromatic carbocycles. The number of hydrogen-bond donors (Lipinski definition) is 0. The van der Waals surface area contributed by atoms with E-state index in [9.17, 15) is 4.79 Å². The molecule has 0 atom stereocenters. The first-order valence-corrected chi connectivity index (χ1v) is 5.55. The zero-order valence-electron chi connectivity index (χ0n) is 7.35. The van der Waals surface area contributed by atoms with Crippen LogP contribution in [0.1, 0.15) is 12.8 Å². The lowest BCUT2D eigenvalue weighted by Gasteiger charge is -2.32. The number of rotatable bonds is 2. The quantitative estimate of drug-likeness (QED) is 0.669. The van der Waals surface area contributed by atoms with Gasteiger partial charge in [0, 0.05) is 12.4 Å². The van der Waals surface area contributed by atoms with Crippen molar-refractivity contribution in [2.45, 2.75) is 18.4 Å². The zero-order chi connectivity index (χ0) is 9.15. The fourth-order valence-electron chi connectivity index (χ4n) is 1.68. The Bertz CT molecular complexity index is 278. The monoisotopic (exact) mass is 196 g/mol. The van der Waals surface area contributed by atoms with Gasteiger partial charge in [-0.15, -0.1) is 0 Å². The van der Waals surface area contributed by atoms with Crippen LogP contribution in [0.3, 0.4) is 0 Å². The number of nitrogens with zero attached hydrogens (tertiary/aromatic N) is 2. The average molecular weight is 196 g/mol. The van der Waals surface area contributed by atoms with E-state index in [1.54, 1.807) is 12.5 Å². The summed E-state index contributed by atoms with van der Waals surface area (Å²) in [6.45, 7) is 0. The summed E-state index contributed by atoms with van der Waals surface area (Å²) in [6.07, 6.45) is 8.28. The van der Waals surface area contributed by atoms with E-state index < -0.39 is 0 Å². The first-order chi connectivity index (χ1) is 6.37. The van der Waals surface area contributed by atoms with Gasteiger partial charge in [-0.1, -0.05) is 0 Å². The summed E-state index contributed by atoms with van der Waals surface area (Å²) in [5, 5.41) is 0. The molecule has 13 heavy (non-hydrogen) atoms. The van der Waals surface area contributed by atoms with E-state index in [1.807, 2.05) is 22.5 Å². The molecular formula is C9H12N2OS. The van der Waals surface area contributed by atoms with Gasteiger partial charge in [-0.25, -0.2) is 4.98 Å². The summed E-state index contributed by atoms with van der Waals surface area (Å²) in [4.78, 5) is 15.1. The molecule has 0 N–H and O–H groups in total. The second kappa shape index (κ2) is 3.54. The highest BCUT2D eigenvalue weighted by Gasteiger charge is 2.33. The second-order valence-electron chi connectivity index (χ2n) is 3.30. The van der Waals surface area contributed by atoms with Gasteiger partial charge in [0.15, 0.2) is 0 Å². The molecule has 1 aliphatic heterocycles. The molecule has 3 nitrogen and oxygen atoms in total. The Morgan fingerprint density at radius 3 is 2.77 bits per heavy atom. The van der Waals surface area contributed by atoms with Crippen LogP contribution in [0.4, 0.5) is 0 Å². The maximum Gasteiger partial charge on any atom is 0.145 e. The lowest BCUT2D eigenvalue weighted by molar-refractivity contribution is -0.115. The highest BCUT2D eigenvalue weighted by atomic mass is 32.2. The highest BCUT2D eigenvalue weighted by molar-refractivity contribution is 7.99. The molecule has 1 aliphatic rings.